The summed E-state index contributed by atoms with van der Waals surface area (Å²) in [4.78, 5) is 25.8. The van der Waals surface area contributed by atoms with E-state index in [2.05, 4.69) is 5.32 Å². The Labute approximate surface area is 150 Å². The summed E-state index contributed by atoms with van der Waals surface area (Å²) in [5, 5.41) is 2.90. The minimum Gasteiger partial charge on any atom is -0.356 e. The van der Waals surface area contributed by atoms with Gasteiger partial charge in [0.05, 0.1) is 0 Å². The molecule has 6 heteroatoms. The number of hydrogen-bond donors (Lipinski definition) is 2. The lowest BCUT2D eigenvalue weighted by atomic mass is 10.2. The van der Waals surface area contributed by atoms with E-state index in [-0.39, 0.29) is 30.1 Å². The Morgan fingerprint density at radius 1 is 1.17 bits per heavy atom. The number of hydrogen-bond acceptors (Lipinski definition) is 3. The number of rotatable bonds is 10. The van der Waals surface area contributed by atoms with Crippen molar-refractivity contribution in [1.29, 1.82) is 0 Å². The molecule has 0 heterocycles. The third-order valence-electron chi connectivity index (χ3n) is 4.02. The third kappa shape index (κ3) is 7.32. The van der Waals surface area contributed by atoms with Crippen LogP contribution in [-0.4, -0.2) is 36.3 Å². The fourth-order valence-electron chi connectivity index (χ4n) is 2.48. The second-order valence-electron chi connectivity index (χ2n) is 6.11. The fourth-order valence-corrected chi connectivity index (χ4v) is 2.48. The first-order chi connectivity index (χ1) is 11.2. The molecule has 1 saturated carbocycles. The van der Waals surface area contributed by atoms with Crippen molar-refractivity contribution in [2.45, 2.75) is 38.6 Å². The molecule has 24 heavy (non-hydrogen) atoms. The normalized spacial score (nSPS) is 13.0. The predicted molar refractivity (Wildman–Crippen MR) is 97.7 cm³/mol. The molecule has 1 aliphatic carbocycles. The molecule has 1 fully saturated rings. The quantitative estimate of drug-likeness (QED) is 0.632. The van der Waals surface area contributed by atoms with Crippen molar-refractivity contribution in [3.8, 4) is 0 Å². The Kier molecular flexibility index (Phi) is 9.42. The van der Waals surface area contributed by atoms with Crippen molar-refractivity contribution >= 4 is 24.2 Å². The van der Waals surface area contributed by atoms with Crippen LogP contribution < -0.4 is 11.1 Å². The lowest BCUT2D eigenvalue weighted by Crippen LogP contribution is -2.33. The van der Waals surface area contributed by atoms with E-state index in [0.29, 0.717) is 39.0 Å². The number of nitrogens with two attached hydrogens (primary N) is 1. The monoisotopic (exact) mass is 353 g/mol. The van der Waals surface area contributed by atoms with Gasteiger partial charge in [0, 0.05) is 32.0 Å². The highest BCUT2D eigenvalue weighted by atomic mass is 35.5. The van der Waals surface area contributed by atoms with E-state index in [1.54, 1.807) is 0 Å². The number of carbonyl (C=O) groups excluding carboxylic acids is 2. The molecule has 0 atom stereocenters. The van der Waals surface area contributed by atoms with Crippen LogP contribution in [0.4, 0.5) is 0 Å². The summed E-state index contributed by atoms with van der Waals surface area (Å²) in [7, 11) is 0. The summed E-state index contributed by atoms with van der Waals surface area (Å²) < 4.78 is 0. The van der Waals surface area contributed by atoms with Crippen molar-refractivity contribution in [3.05, 3.63) is 35.9 Å². The second kappa shape index (κ2) is 11.0. The summed E-state index contributed by atoms with van der Waals surface area (Å²) >= 11 is 0. The highest BCUT2D eigenvalue weighted by Crippen LogP contribution is 2.28. The Hall–Kier alpha value is -1.59. The van der Waals surface area contributed by atoms with Crippen LogP contribution >= 0.6 is 12.4 Å². The Balaban J connectivity index is 0.00000288. The van der Waals surface area contributed by atoms with E-state index < -0.39 is 0 Å². The van der Waals surface area contributed by atoms with Gasteiger partial charge in [0.1, 0.15) is 0 Å². The fraction of sp³-hybridized carbons (Fsp3) is 0.556. The first-order valence-corrected chi connectivity index (χ1v) is 8.50. The highest BCUT2D eigenvalue weighted by Gasteiger charge is 2.29. The molecular weight excluding hydrogens is 326 g/mol. The molecule has 1 aromatic rings. The molecule has 0 saturated heterocycles. The predicted octanol–water partition coefficient (Wildman–Crippen LogP) is 2.09. The molecule has 2 rings (SSSR count). The molecule has 0 unspecified atom stereocenters. The summed E-state index contributed by atoms with van der Waals surface area (Å²) in [6.07, 6.45) is 3.97. The van der Waals surface area contributed by atoms with Gasteiger partial charge in [0.2, 0.25) is 11.8 Å². The van der Waals surface area contributed by atoms with E-state index >= 15 is 0 Å². The molecule has 134 valence electrons. The topological polar surface area (TPSA) is 75.4 Å². The van der Waals surface area contributed by atoms with Gasteiger partial charge in [-0.15, -0.1) is 12.4 Å². The molecule has 0 radical (unpaired) electrons. The Morgan fingerprint density at radius 2 is 1.88 bits per heavy atom. The van der Waals surface area contributed by atoms with E-state index in [4.69, 9.17) is 5.73 Å². The molecule has 1 aromatic carbocycles. The van der Waals surface area contributed by atoms with Crippen molar-refractivity contribution in [1.82, 2.24) is 10.2 Å². The maximum absolute atomic E-state index is 12.4. The molecule has 5 nitrogen and oxygen atoms in total. The largest absolute Gasteiger partial charge is 0.356 e. The molecule has 2 amide bonds. The minimum atomic E-state index is 0. The SMILES string of the molecule is Cl.NCCCN(Cc1ccccc1)C(=O)CCCNC(=O)C1CC1. The summed E-state index contributed by atoms with van der Waals surface area (Å²) in [6, 6.07) is 9.98. The standard InChI is InChI=1S/C18H27N3O2.ClH/c19-11-5-13-21(14-15-6-2-1-3-7-15)17(22)8-4-12-20-18(23)16-9-10-16;/h1-3,6-7,16H,4-5,8-14,19H2,(H,20,23);1H. The minimum absolute atomic E-state index is 0. The summed E-state index contributed by atoms with van der Waals surface area (Å²) in [5.41, 5.74) is 6.70. The Morgan fingerprint density at radius 3 is 2.50 bits per heavy atom. The number of nitrogens with one attached hydrogen (secondary N) is 1. The molecule has 3 N–H and O–H groups in total. The molecule has 0 aliphatic heterocycles. The number of carbonyl (C=O) groups is 2. The Bertz CT molecular complexity index is 506. The number of amides is 2. The number of halogens is 1. The van der Waals surface area contributed by atoms with Crippen molar-refractivity contribution in [3.63, 3.8) is 0 Å². The van der Waals surface area contributed by atoms with Crippen LogP contribution in [0, 0.1) is 5.92 Å². The average molecular weight is 354 g/mol. The zero-order valence-corrected chi connectivity index (χ0v) is 14.9. The van der Waals surface area contributed by atoms with Crippen molar-refractivity contribution < 1.29 is 9.59 Å². The molecular formula is C18H28ClN3O2. The van der Waals surface area contributed by atoms with Crippen LogP contribution in [-0.2, 0) is 16.1 Å². The number of nitrogens with zero attached hydrogens (tertiary/aromatic N) is 1. The van der Waals surface area contributed by atoms with Gasteiger partial charge in [-0.3, -0.25) is 9.59 Å². The first-order valence-electron chi connectivity index (χ1n) is 8.50. The maximum atomic E-state index is 12.4. The lowest BCUT2D eigenvalue weighted by molar-refractivity contribution is -0.132. The average Bonchev–Trinajstić information content (AvgIpc) is 3.41. The zero-order valence-electron chi connectivity index (χ0n) is 14.1. The van der Waals surface area contributed by atoms with E-state index in [0.717, 1.165) is 24.8 Å². The van der Waals surface area contributed by atoms with Gasteiger partial charge in [-0.1, -0.05) is 30.3 Å². The summed E-state index contributed by atoms with van der Waals surface area (Å²) in [6.45, 7) is 2.46. The lowest BCUT2D eigenvalue weighted by Gasteiger charge is -2.23. The third-order valence-corrected chi connectivity index (χ3v) is 4.02. The van der Waals surface area contributed by atoms with Crippen LogP contribution in [0.3, 0.4) is 0 Å². The molecule has 0 bridgehead atoms. The zero-order chi connectivity index (χ0) is 16.5. The van der Waals surface area contributed by atoms with Gasteiger partial charge < -0.3 is 16.0 Å². The van der Waals surface area contributed by atoms with Crippen molar-refractivity contribution in [2.24, 2.45) is 11.7 Å². The van der Waals surface area contributed by atoms with E-state index in [9.17, 15) is 9.59 Å². The van der Waals surface area contributed by atoms with Crippen LogP contribution in [0.15, 0.2) is 30.3 Å². The van der Waals surface area contributed by atoms with Gasteiger partial charge in [0.25, 0.3) is 0 Å². The smallest absolute Gasteiger partial charge is 0.223 e. The molecule has 0 spiro atoms. The van der Waals surface area contributed by atoms with Crippen LogP contribution in [0.5, 0.6) is 0 Å². The van der Waals surface area contributed by atoms with Gasteiger partial charge in [-0.2, -0.15) is 0 Å². The van der Waals surface area contributed by atoms with Crippen LogP contribution in [0.25, 0.3) is 0 Å². The van der Waals surface area contributed by atoms with E-state index in [1.165, 1.54) is 0 Å². The van der Waals surface area contributed by atoms with Gasteiger partial charge >= 0.3 is 0 Å². The second-order valence-corrected chi connectivity index (χ2v) is 6.11. The summed E-state index contributed by atoms with van der Waals surface area (Å²) in [5.74, 6) is 0.495. The van der Waals surface area contributed by atoms with Crippen LogP contribution in [0.1, 0.15) is 37.7 Å². The van der Waals surface area contributed by atoms with Gasteiger partial charge in [0.15, 0.2) is 0 Å². The van der Waals surface area contributed by atoms with Crippen LogP contribution in [0.2, 0.25) is 0 Å². The van der Waals surface area contributed by atoms with Crippen molar-refractivity contribution in [2.75, 3.05) is 19.6 Å². The van der Waals surface area contributed by atoms with Gasteiger partial charge in [-0.25, -0.2) is 0 Å². The molecule has 0 aromatic heterocycles. The maximum Gasteiger partial charge on any atom is 0.223 e. The molecule has 1 aliphatic rings. The number of benzene rings is 1. The highest BCUT2D eigenvalue weighted by molar-refractivity contribution is 5.85. The van der Waals surface area contributed by atoms with E-state index in [1.807, 2.05) is 35.2 Å². The van der Waals surface area contributed by atoms with Gasteiger partial charge in [-0.05, 0) is 37.8 Å². The first kappa shape index (κ1) is 20.5.